The molecule has 3 aromatic rings. The summed E-state index contributed by atoms with van der Waals surface area (Å²) in [4.78, 5) is 22.1. The molecule has 0 spiro atoms. The van der Waals surface area contributed by atoms with Gasteiger partial charge in [-0.1, -0.05) is 30.7 Å². The summed E-state index contributed by atoms with van der Waals surface area (Å²) in [5.41, 5.74) is 4.62. The van der Waals surface area contributed by atoms with Crippen LogP contribution in [0, 0.1) is 6.92 Å². The third kappa shape index (κ3) is 3.39. The van der Waals surface area contributed by atoms with Gasteiger partial charge in [0.1, 0.15) is 11.3 Å². The molecule has 0 unspecified atom stereocenters. The summed E-state index contributed by atoms with van der Waals surface area (Å²) < 4.78 is 1.94. The van der Waals surface area contributed by atoms with Gasteiger partial charge < -0.3 is 9.80 Å². The van der Waals surface area contributed by atoms with Gasteiger partial charge in [0, 0.05) is 43.1 Å². The Morgan fingerprint density at radius 3 is 2.63 bits per heavy atom. The molecule has 1 fully saturated rings. The van der Waals surface area contributed by atoms with Crippen LogP contribution in [0.1, 0.15) is 28.7 Å². The summed E-state index contributed by atoms with van der Waals surface area (Å²) in [5, 5.41) is 0.736. The molecule has 0 radical (unpaired) electrons. The van der Waals surface area contributed by atoms with Gasteiger partial charge in [0.25, 0.3) is 5.91 Å². The lowest BCUT2D eigenvalue weighted by Crippen LogP contribution is -2.49. The molecular weight excluding hydrogens is 360 g/mol. The largest absolute Gasteiger partial charge is 0.368 e. The van der Waals surface area contributed by atoms with Gasteiger partial charge >= 0.3 is 0 Å². The summed E-state index contributed by atoms with van der Waals surface area (Å²) in [6.07, 6.45) is 2.74. The quantitative estimate of drug-likeness (QED) is 0.691. The van der Waals surface area contributed by atoms with E-state index in [2.05, 4.69) is 16.0 Å². The van der Waals surface area contributed by atoms with Crippen LogP contribution in [0.3, 0.4) is 0 Å². The van der Waals surface area contributed by atoms with Crippen molar-refractivity contribution in [2.45, 2.75) is 20.3 Å². The average Bonchev–Trinajstić information content (AvgIpc) is 3.05. The minimum Gasteiger partial charge on any atom is -0.368 e. The Bertz CT molecular complexity index is 989. The SMILES string of the molecule is CCc1nc2ccc(C)cn2c1C(=O)N1CCN(c2cccc(Cl)c2)CC1. The minimum absolute atomic E-state index is 0.0655. The van der Waals surface area contributed by atoms with E-state index in [9.17, 15) is 4.79 Å². The zero-order valence-electron chi connectivity index (χ0n) is 15.7. The van der Waals surface area contributed by atoms with E-state index in [4.69, 9.17) is 11.6 Å². The number of amides is 1. The van der Waals surface area contributed by atoms with Gasteiger partial charge in [-0.25, -0.2) is 4.98 Å². The minimum atomic E-state index is 0.0655. The maximum absolute atomic E-state index is 13.3. The van der Waals surface area contributed by atoms with Crippen LogP contribution in [0.4, 0.5) is 5.69 Å². The molecule has 0 N–H and O–H groups in total. The summed E-state index contributed by atoms with van der Waals surface area (Å²) in [7, 11) is 0. The second-order valence-corrected chi connectivity index (χ2v) is 7.39. The van der Waals surface area contributed by atoms with Crippen LogP contribution in [-0.4, -0.2) is 46.4 Å². The number of rotatable bonds is 3. The fourth-order valence-electron chi connectivity index (χ4n) is 3.66. The van der Waals surface area contributed by atoms with E-state index >= 15 is 0 Å². The molecule has 0 bridgehead atoms. The van der Waals surface area contributed by atoms with Crippen molar-refractivity contribution in [3.8, 4) is 0 Å². The van der Waals surface area contributed by atoms with Crippen LogP contribution in [0.2, 0.25) is 5.02 Å². The Labute approximate surface area is 164 Å². The molecule has 3 heterocycles. The van der Waals surface area contributed by atoms with Gasteiger partial charge in [-0.05, 0) is 43.2 Å². The molecule has 2 aromatic heterocycles. The number of pyridine rings is 1. The van der Waals surface area contributed by atoms with E-state index in [-0.39, 0.29) is 5.91 Å². The zero-order chi connectivity index (χ0) is 19.0. The Morgan fingerprint density at radius 1 is 1.15 bits per heavy atom. The number of hydrogen-bond acceptors (Lipinski definition) is 3. The first kappa shape index (κ1) is 17.9. The highest BCUT2D eigenvalue weighted by molar-refractivity contribution is 6.30. The number of aromatic nitrogens is 2. The molecule has 1 amide bonds. The zero-order valence-corrected chi connectivity index (χ0v) is 16.4. The third-order valence-electron chi connectivity index (χ3n) is 5.12. The van der Waals surface area contributed by atoms with Gasteiger partial charge in [-0.3, -0.25) is 9.20 Å². The summed E-state index contributed by atoms with van der Waals surface area (Å²) in [5.74, 6) is 0.0655. The first-order valence-electron chi connectivity index (χ1n) is 9.34. The topological polar surface area (TPSA) is 40.9 Å². The van der Waals surface area contributed by atoms with Gasteiger partial charge in [0.05, 0.1) is 5.69 Å². The number of hydrogen-bond donors (Lipinski definition) is 0. The van der Waals surface area contributed by atoms with Crippen LogP contribution in [0.15, 0.2) is 42.6 Å². The Morgan fingerprint density at radius 2 is 1.93 bits per heavy atom. The van der Waals surface area contributed by atoms with Crippen molar-refractivity contribution in [3.63, 3.8) is 0 Å². The fraction of sp³-hybridized carbons (Fsp3) is 0.333. The van der Waals surface area contributed by atoms with Gasteiger partial charge in [0.2, 0.25) is 0 Å². The third-order valence-corrected chi connectivity index (χ3v) is 5.35. The summed E-state index contributed by atoms with van der Waals surface area (Å²) in [6.45, 7) is 7.04. The Balaban J connectivity index is 1.56. The van der Waals surface area contributed by atoms with Crippen LogP contribution >= 0.6 is 11.6 Å². The van der Waals surface area contributed by atoms with E-state index in [0.717, 1.165) is 47.1 Å². The molecule has 4 rings (SSSR count). The second kappa shape index (κ2) is 7.24. The number of benzene rings is 1. The second-order valence-electron chi connectivity index (χ2n) is 6.95. The number of carbonyl (C=O) groups is 1. The number of imidazole rings is 1. The average molecular weight is 383 g/mol. The molecule has 1 aliphatic rings. The highest BCUT2D eigenvalue weighted by atomic mass is 35.5. The molecule has 1 saturated heterocycles. The van der Waals surface area contributed by atoms with Crippen LogP contribution in [0.25, 0.3) is 5.65 Å². The number of piperazine rings is 1. The lowest BCUT2D eigenvalue weighted by Gasteiger charge is -2.36. The van der Waals surface area contributed by atoms with E-state index in [1.807, 2.05) is 59.7 Å². The van der Waals surface area contributed by atoms with Crippen LogP contribution in [0.5, 0.6) is 0 Å². The first-order chi connectivity index (χ1) is 13.1. The molecule has 27 heavy (non-hydrogen) atoms. The van der Waals surface area contributed by atoms with Crippen LogP contribution < -0.4 is 4.90 Å². The van der Waals surface area contributed by atoms with Crippen molar-refractivity contribution in [1.29, 1.82) is 0 Å². The van der Waals surface area contributed by atoms with Crippen molar-refractivity contribution in [3.05, 3.63) is 64.6 Å². The van der Waals surface area contributed by atoms with E-state index in [0.29, 0.717) is 18.8 Å². The maximum Gasteiger partial charge on any atom is 0.272 e. The highest BCUT2D eigenvalue weighted by Gasteiger charge is 2.27. The molecular formula is C21H23ClN4O. The summed E-state index contributed by atoms with van der Waals surface area (Å²) >= 11 is 6.11. The van der Waals surface area contributed by atoms with Crippen molar-refractivity contribution in [2.75, 3.05) is 31.1 Å². The number of fused-ring (bicyclic) bond motifs is 1. The van der Waals surface area contributed by atoms with Crippen molar-refractivity contribution in [1.82, 2.24) is 14.3 Å². The standard InChI is InChI=1S/C21H23ClN4O/c1-3-18-20(26-14-15(2)7-8-19(26)23-18)21(27)25-11-9-24(10-12-25)17-6-4-5-16(22)13-17/h4-8,13-14H,3,9-12H2,1-2H3. The predicted octanol–water partition coefficient (Wildman–Crippen LogP) is 3.82. The summed E-state index contributed by atoms with van der Waals surface area (Å²) in [6, 6.07) is 11.9. The molecule has 140 valence electrons. The normalized spacial score (nSPS) is 14.8. The first-order valence-corrected chi connectivity index (χ1v) is 9.72. The lowest BCUT2D eigenvalue weighted by molar-refractivity contribution is 0.0738. The Kier molecular flexibility index (Phi) is 4.79. The molecule has 0 saturated carbocycles. The van der Waals surface area contributed by atoms with Crippen molar-refractivity contribution < 1.29 is 4.79 Å². The maximum atomic E-state index is 13.3. The molecule has 0 atom stereocenters. The Hall–Kier alpha value is -2.53. The lowest BCUT2D eigenvalue weighted by atomic mass is 10.2. The van der Waals surface area contributed by atoms with E-state index in [1.165, 1.54) is 0 Å². The van der Waals surface area contributed by atoms with Gasteiger partial charge in [0.15, 0.2) is 0 Å². The molecule has 1 aromatic carbocycles. The molecule has 5 nitrogen and oxygen atoms in total. The van der Waals surface area contributed by atoms with E-state index in [1.54, 1.807) is 0 Å². The number of anilines is 1. The smallest absolute Gasteiger partial charge is 0.272 e. The number of halogens is 1. The predicted molar refractivity (Wildman–Crippen MR) is 109 cm³/mol. The van der Waals surface area contributed by atoms with Gasteiger partial charge in [-0.2, -0.15) is 0 Å². The number of carbonyl (C=O) groups excluding carboxylic acids is 1. The van der Waals surface area contributed by atoms with Crippen molar-refractivity contribution >= 4 is 28.8 Å². The number of nitrogens with zero attached hydrogens (tertiary/aromatic N) is 4. The van der Waals surface area contributed by atoms with Crippen LogP contribution in [-0.2, 0) is 6.42 Å². The molecule has 6 heteroatoms. The fourth-order valence-corrected chi connectivity index (χ4v) is 3.85. The monoisotopic (exact) mass is 382 g/mol. The molecule has 0 aliphatic carbocycles. The van der Waals surface area contributed by atoms with Crippen molar-refractivity contribution in [2.24, 2.45) is 0 Å². The highest BCUT2D eigenvalue weighted by Crippen LogP contribution is 2.22. The van der Waals surface area contributed by atoms with Gasteiger partial charge in [-0.15, -0.1) is 0 Å². The van der Waals surface area contributed by atoms with E-state index < -0.39 is 0 Å². The number of aryl methyl sites for hydroxylation is 2. The molecule has 1 aliphatic heterocycles.